The SMILES string of the molecule is COc1ccc(-c2nc(CNC3CCCCC3)no2)cc1. The summed E-state index contributed by atoms with van der Waals surface area (Å²) in [4.78, 5) is 4.44. The maximum atomic E-state index is 5.32. The van der Waals surface area contributed by atoms with Gasteiger partial charge in [0.2, 0.25) is 0 Å². The van der Waals surface area contributed by atoms with Crippen molar-refractivity contribution in [2.45, 2.75) is 44.7 Å². The first-order chi connectivity index (χ1) is 10.3. The lowest BCUT2D eigenvalue weighted by molar-refractivity contribution is 0.362. The highest BCUT2D eigenvalue weighted by molar-refractivity contribution is 5.54. The van der Waals surface area contributed by atoms with E-state index in [1.165, 1.54) is 32.1 Å². The summed E-state index contributed by atoms with van der Waals surface area (Å²) in [6.07, 6.45) is 6.51. The molecular weight excluding hydrogens is 266 g/mol. The quantitative estimate of drug-likeness (QED) is 0.915. The van der Waals surface area contributed by atoms with Gasteiger partial charge in [0.05, 0.1) is 13.7 Å². The van der Waals surface area contributed by atoms with Gasteiger partial charge in [0.25, 0.3) is 5.89 Å². The van der Waals surface area contributed by atoms with E-state index in [-0.39, 0.29) is 0 Å². The van der Waals surface area contributed by atoms with Gasteiger partial charge in [0, 0.05) is 11.6 Å². The Labute approximate surface area is 124 Å². The number of hydrogen-bond acceptors (Lipinski definition) is 5. The molecule has 0 unspecified atom stereocenters. The van der Waals surface area contributed by atoms with Gasteiger partial charge in [-0.3, -0.25) is 0 Å². The van der Waals surface area contributed by atoms with Crippen LogP contribution in [0.25, 0.3) is 11.5 Å². The number of nitrogens with one attached hydrogen (secondary N) is 1. The van der Waals surface area contributed by atoms with Gasteiger partial charge in [0.1, 0.15) is 5.75 Å². The predicted molar refractivity (Wildman–Crippen MR) is 80.0 cm³/mol. The molecule has 0 amide bonds. The van der Waals surface area contributed by atoms with Crippen LogP contribution in [0.3, 0.4) is 0 Å². The van der Waals surface area contributed by atoms with Crippen LogP contribution >= 0.6 is 0 Å². The standard InChI is InChI=1S/C16H21N3O2/c1-20-14-9-7-12(8-10-14)16-18-15(19-21-16)11-17-13-5-3-2-4-6-13/h7-10,13,17H,2-6,11H2,1H3. The molecule has 5 nitrogen and oxygen atoms in total. The minimum Gasteiger partial charge on any atom is -0.497 e. The summed E-state index contributed by atoms with van der Waals surface area (Å²) in [5.41, 5.74) is 0.909. The predicted octanol–water partition coefficient (Wildman–Crippen LogP) is 3.17. The molecule has 0 spiro atoms. The van der Waals surface area contributed by atoms with Gasteiger partial charge in [-0.05, 0) is 37.1 Å². The van der Waals surface area contributed by atoms with Crippen molar-refractivity contribution >= 4 is 0 Å². The van der Waals surface area contributed by atoms with Crippen LogP contribution < -0.4 is 10.1 Å². The number of ether oxygens (including phenoxy) is 1. The Kier molecular flexibility index (Phi) is 4.50. The molecule has 1 fully saturated rings. The molecule has 0 atom stereocenters. The molecule has 1 aromatic carbocycles. The second-order valence-corrected chi connectivity index (χ2v) is 5.46. The zero-order valence-electron chi connectivity index (χ0n) is 12.3. The maximum absolute atomic E-state index is 5.32. The van der Waals surface area contributed by atoms with Crippen molar-refractivity contribution < 1.29 is 9.26 Å². The monoisotopic (exact) mass is 287 g/mol. The fourth-order valence-corrected chi connectivity index (χ4v) is 2.72. The van der Waals surface area contributed by atoms with Crippen molar-refractivity contribution in [2.24, 2.45) is 0 Å². The number of rotatable bonds is 5. The summed E-state index contributed by atoms with van der Waals surface area (Å²) in [7, 11) is 1.65. The molecule has 1 N–H and O–H groups in total. The summed E-state index contributed by atoms with van der Waals surface area (Å²) < 4.78 is 10.5. The minimum atomic E-state index is 0.554. The zero-order chi connectivity index (χ0) is 14.5. The highest BCUT2D eigenvalue weighted by Crippen LogP contribution is 2.21. The average molecular weight is 287 g/mol. The Morgan fingerprint density at radius 2 is 1.95 bits per heavy atom. The molecule has 0 radical (unpaired) electrons. The molecule has 0 aliphatic heterocycles. The maximum Gasteiger partial charge on any atom is 0.257 e. The van der Waals surface area contributed by atoms with Crippen molar-refractivity contribution in [2.75, 3.05) is 7.11 Å². The van der Waals surface area contributed by atoms with Crippen LogP contribution in [0.5, 0.6) is 5.75 Å². The van der Waals surface area contributed by atoms with Crippen molar-refractivity contribution in [1.29, 1.82) is 0 Å². The molecule has 1 heterocycles. The van der Waals surface area contributed by atoms with E-state index >= 15 is 0 Å². The van der Waals surface area contributed by atoms with Crippen LogP contribution in [0, 0.1) is 0 Å². The first-order valence-corrected chi connectivity index (χ1v) is 7.55. The lowest BCUT2D eigenvalue weighted by Crippen LogP contribution is -2.30. The third-order valence-electron chi connectivity index (χ3n) is 3.96. The van der Waals surface area contributed by atoms with Crippen molar-refractivity contribution in [3.8, 4) is 17.2 Å². The van der Waals surface area contributed by atoms with E-state index in [9.17, 15) is 0 Å². The smallest absolute Gasteiger partial charge is 0.257 e. The Hall–Kier alpha value is -1.88. The molecule has 2 aromatic rings. The summed E-state index contributed by atoms with van der Waals surface area (Å²) in [5, 5.41) is 7.56. The van der Waals surface area contributed by atoms with Crippen molar-refractivity contribution in [3.05, 3.63) is 30.1 Å². The Balaban J connectivity index is 1.59. The van der Waals surface area contributed by atoms with E-state index in [1.807, 2.05) is 24.3 Å². The van der Waals surface area contributed by atoms with Gasteiger partial charge < -0.3 is 14.6 Å². The van der Waals surface area contributed by atoms with Gasteiger partial charge in [0.15, 0.2) is 5.82 Å². The van der Waals surface area contributed by atoms with Crippen molar-refractivity contribution in [1.82, 2.24) is 15.5 Å². The molecule has 112 valence electrons. The third-order valence-corrected chi connectivity index (χ3v) is 3.96. The van der Waals surface area contributed by atoms with Gasteiger partial charge in [-0.25, -0.2) is 0 Å². The van der Waals surface area contributed by atoms with E-state index < -0.39 is 0 Å². The Morgan fingerprint density at radius 3 is 2.67 bits per heavy atom. The van der Waals surface area contributed by atoms with Gasteiger partial charge in [-0.15, -0.1) is 0 Å². The van der Waals surface area contributed by atoms with E-state index in [4.69, 9.17) is 9.26 Å². The molecule has 1 aliphatic rings. The third kappa shape index (κ3) is 3.61. The van der Waals surface area contributed by atoms with E-state index in [1.54, 1.807) is 7.11 Å². The molecule has 5 heteroatoms. The minimum absolute atomic E-state index is 0.554. The van der Waals surface area contributed by atoms with E-state index in [2.05, 4.69) is 15.5 Å². The van der Waals surface area contributed by atoms with Crippen LogP contribution in [0.4, 0.5) is 0 Å². The molecular formula is C16H21N3O2. The molecule has 1 saturated carbocycles. The fourth-order valence-electron chi connectivity index (χ4n) is 2.72. The average Bonchev–Trinajstić information content (AvgIpc) is 3.03. The fraction of sp³-hybridized carbons (Fsp3) is 0.500. The highest BCUT2D eigenvalue weighted by atomic mass is 16.5. The lowest BCUT2D eigenvalue weighted by Gasteiger charge is -2.21. The first kappa shape index (κ1) is 14.1. The Morgan fingerprint density at radius 1 is 1.19 bits per heavy atom. The molecule has 0 bridgehead atoms. The normalized spacial score (nSPS) is 16.0. The summed E-state index contributed by atoms with van der Waals surface area (Å²) in [5.74, 6) is 2.09. The summed E-state index contributed by atoms with van der Waals surface area (Å²) in [6, 6.07) is 8.22. The number of hydrogen-bond donors (Lipinski definition) is 1. The molecule has 21 heavy (non-hydrogen) atoms. The topological polar surface area (TPSA) is 60.2 Å². The second-order valence-electron chi connectivity index (χ2n) is 5.46. The van der Waals surface area contributed by atoms with Crippen LogP contribution in [0.2, 0.25) is 0 Å². The summed E-state index contributed by atoms with van der Waals surface area (Å²) in [6.45, 7) is 0.671. The lowest BCUT2D eigenvalue weighted by atomic mass is 9.95. The highest BCUT2D eigenvalue weighted by Gasteiger charge is 2.14. The second kappa shape index (κ2) is 6.72. The van der Waals surface area contributed by atoms with Crippen LogP contribution in [0.1, 0.15) is 37.9 Å². The largest absolute Gasteiger partial charge is 0.497 e. The van der Waals surface area contributed by atoms with Crippen LogP contribution in [-0.4, -0.2) is 23.3 Å². The molecule has 0 saturated heterocycles. The van der Waals surface area contributed by atoms with Gasteiger partial charge in [-0.1, -0.05) is 24.4 Å². The molecule has 1 aliphatic carbocycles. The molecule has 3 rings (SSSR count). The number of aromatic nitrogens is 2. The van der Waals surface area contributed by atoms with E-state index in [0.29, 0.717) is 24.3 Å². The van der Waals surface area contributed by atoms with Crippen molar-refractivity contribution in [3.63, 3.8) is 0 Å². The van der Waals surface area contributed by atoms with E-state index in [0.717, 1.165) is 11.3 Å². The summed E-state index contributed by atoms with van der Waals surface area (Å²) >= 11 is 0. The van der Waals surface area contributed by atoms with Crippen LogP contribution in [0.15, 0.2) is 28.8 Å². The number of methoxy groups -OCH3 is 1. The Bertz CT molecular complexity index is 559. The van der Waals surface area contributed by atoms with Gasteiger partial charge in [-0.2, -0.15) is 4.98 Å². The van der Waals surface area contributed by atoms with Crippen LogP contribution in [-0.2, 0) is 6.54 Å². The number of benzene rings is 1. The number of nitrogens with zero attached hydrogens (tertiary/aromatic N) is 2. The van der Waals surface area contributed by atoms with Gasteiger partial charge >= 0.3 is 0 Å². The zero-order valence-corrected chi connectivity index (χ0v) is 12.3. The molecule has 1 aromatic heterocycles. The first-order valence-electron chi connectivity index (χ1n) is 7.55.